The van der Waals surface area contributed by atoms with Gasteiger partial charge in [0.05, 0.1) is 6.04 Å². The Hall–Kier alpha value is -3.47. The SMILES string of the molecule is Cc1c(C2=CC3CCCC(C2)N3C(=O)OCC2c3ccccc3-c3ccccc32)ccc(F)c1F. The number of amides is 1. The van der Waals surface area contributed by atoms with Gasteiger partial charge in [0, 0.05) is 12.0 Å². The lowest BCUT2D eigenvalue weighted by Crippen LogP contribution is -2.52. The van der Waals surface area contributed by atoms with Crippen molar-refractivity contribution >= 4 is 11.7 Å². The molecule has 1 fully saturated rings. The lowest BCUT2D eigenvalue weighted by atomic mass is 9.82. The number of hydrogen-bond donors (Lipinski definition) is 0. The Morgan fingerprint density at radius 2 is 1.63 bits per heavy atom. The first-order chi connectivity index (χ1) is 17.0. The maximum atomic E-state index is 14.2. The molecule has 3 aliphatic rings. The zero-order valence-corrected chi connectivity index (χ0v) is 19.6. The van der Waals surface area contributed by atoms with E-state index in [1.54, 1.807) is 13.0 Å². The van der Waals surface area contributed by atoms with Gasteiger partial charge >= 0.3 is 6.09 Å². The molecule has 1 aliphatic carbocycles. The molecular weight excluding hydrogens is 444 g/mol. The van der Waals surface area contributed by atoms with Crippen LogP contribution in [-0.2, 0) is 4.74 Å². The molecule has 1 amide bonds. The first-order valence-corrected chi connectivity index (χ1v) is 12.3. The van der Waals surface area contributed by atoms with E-state index in [1.165, 1.54) is 28.3 Å². The van der Waals surface area contributed by atoms with Crippen LogP contribution in [0.15, 0.2) is 66.7 Å². The van der Waals surface area contributed by atoms with Gasteiger partial charge in [-0.3, -0.25) is 4.90 Å². The minimum atomic E-state index is -0.830. The second-order valence-corrected chi connectivity index (χ2v) is 9.79. The van der Waals surface area contributed by atoms with Crippen molar-refractivity contribution in [2.24, 2.45) is 0 Å². The number of carbonyl (C=O) groups excluding carboxylic acids is 1. The van der Waals surface area contributed by atoms with Crippen LogP contribution < -0.4 is 0 Å². The predicted octanol–water partition coefficient (Wildman–Crippen LogP) is 7.23. The summed E-state index contributed by atoms with van der Waals surface area (Å²) in [6.45, 7) is 1.91. The van der Waals surface area contributed by atoms with Crippen molar-refractivity contribution < 1.29 is 18.3 Å². The topological polar surface area (TPSA) is 29.5 Å². The van der Waals surface area contributed by atoms with Gasteiger partial charge in [-0.05, 0) is 77.6 Å². The van der Waals surface area contributed by atoms with Crippen molar-refractivity contribution in [1.82, 2.24) is 4.90 Å². The Labute approximate surface area is 204 Å². The fraction of sp³-hybridized carbons (Fsp3) is 0.300. The third-order valence-corrected chi connectivity index (χ3v) is 7.87. The fourth-order valence-electron chi connectivity index (χ4n) is 6.18. The summed E-state index contributed by atoms with van der Waals surface area (Å²) in [5, 5.41) is 0. The Kier molecular flexibility index (Phi) is 5.43. The van der Waals surface area contributed by atoms with Crippen molar-refractivity contribution in [1.29, 1.82) is 0 Å². The van der Waals surface area contributed by atoms with Crippen LogP contribution in [0, 0.1) is 18.6 Å². The van der Waals surface area contributed by atoms with Gasteiger partial charge in [-0.1, -0.05) is 60.7 Å². The third-order valence-electron chi connectivity index (χ3n) is 7.87. The van der Waals surface area contributed by atoms with Gasteiger partial charge in [-0.2, -0.15) is 0 Å². The average molecular weight is 472 g/mol. The minimum absolute atomic E-state index is 0.00286. The van der Waals surface area contributed by atoms with Gasteiger partial charge in [0.25, 0.3) is 0 Å². The molecule has 3 nitrogen and oxygen atoms in total. The Morgan fingerprint density at radius 1 is 0.943 bits per heavy atom. The molecule has 0 aromatic heterocycles. The molecule has 0 spiro atoms. The van der Waals surface area contributed by atoms with Crippen LogP contribution in [0.25, 0.3) is 16.7 Å². The summed E-state index contributed by atoms with van der Waals surface area (Å²) in [6, 6.07) is 19.3. The highest BCUT2D eigenvalue weighted by Crippen LogP contribution is 2.45. The molecule has 35 heavy (non-hydrogen) atoms. The molecule has 2 bridgehead atoms. The first kappa shape index (κ1) is 22.0. The predicted molar refractivity (Wildman–Crippen MR) is 132 cm³/mol. The van der Waals surface area contributed by atoms with E-state index in [-0.39, 0.29) is 24.1 Å². The quantitative estimate of drug-likeness (QED) is 0.403. The molecule has 178 valence electrons. The summed E-state index contributed by atoms with van der Waals surface area (Å²) in [6.07, 6.45) is 5.12. The van der Waals surface area contributed by atoms with E-state index >= 15 is 0 Å². The van der Waals surface area contributed by atoms with Crippen molar-refractivity contribution in [3.05, 3.63) is 101 Å². The summed E-state index contributed by atoms with van der Waals surface area (Å²) in [4.78, 5) is 15.2. The molecule has 2 unspecified atom stereocenters. The molecular formula is C30H27F2NO2. The molecule has 6 rings (SSSR count). The zero-order valence-electron chi connectivity index (χ0n) is 19.6. The molecule has 5 heteroatoms. The normalized spacial score (nSPS) is 20.8. The summed E-state index contributed by atoms with van der Waals surface area (Å²) in [5.74, 6) is -1.61. The second kappa shape index (κ2) is 8.63. The monoisotopic (exact) mass is 471 g/mol. The maximum Gasteiger partial charge on any atom is 0.410 e. The van der Waals surface area contributed by atoms with Crippen LogP contribution >= 0.6 is 0 Å². The van der Waals surface area contributed by atoms with Crippen LogP contribution in [-0.4, -0.2) is 29.7 Å². The molecule has 2 atom stereocenters. The fourth-order valence-corrected chi connectivity index (χ4v) is 6.18. The highest BCUT2D eigenvalue weighted by molar-refractivity contribution is 5.79. The molecule has 3 aromatic carbocycles. The van der Waals surface area contributed by atoms with Gasteiger partial charge < -0.3 is 4.74 Å². The summed E-state index contributed by atoms with van der Waals surface area (Å²) in [7, 11) is 0. The van der Waals surface area contributed by atoms with Crippen LogP contribution in [0.4, 0.5) is 13.6 Å². The van der Waals surface area contributed by atoms with Gasteiger partial charge in [0.2, 0.25) is 0 Å². The van der Waals surface area contributed by atoms with E-state index < -0.39 is 11.6 Å². The van der Waals surface area contributed by atoms with E-state index in [9.17, 15) is 13.6 Å². The average Bonchev–Trinajstić information content (AvgIpc) is 3.19. The highest BCUT2D eigenvalue weighted by Gasteiger charge is 2.39. The lowest BCUT2D eigenvalue weighted by Gasteiger charge is -2.44. The van der Waals surface area contributed by atoms with E-state index in [0.29, 0.717) is 18.6 Å². The molecule has 2 aliphatic heterocycles. The number of hydrogen-bond acceptors (Lipinski definition) is 2. The molecule has 3 aromatic rings. The number of ether oxygens (including phenoxy) is 1. The van der Waals surface area contributed by atoms with Gasteiger partial charge in [-0.25, -0.2) is 13.6 Å². The summed E-state index contributed by atoms with van der Waals surface area (Å²) >= 11 is 0. The number of fused-ring (bicyclic) bond motifs is 5. The summed E-state index contributed by atoms with van der Waals surface area (Å²) in [5.41, 5.74) is 6.82. The number of rotatable bonds is 3. The Bertz CT molecular complexity index is 1300. The largest absolute Gasteiger partial charge is 0.448 e. The maximum absolute atomic E-state index is 14.2. The van der Waals surface area contributed by atoms with Gasteiger partial charge in [-0.15, -0.1) is 0 Å². The van der Waals surface area contributed by atoms with Crippen molar-refractivity contribution in [3.63, 3.8) is 0 Å². The van der Waals surface area contributed by atoms with E-state index in [1.807, 2.05) is 29.2 Å². The van der Waals surface area contributed by atoms with Crippen LogP contribution in [0.2, 0.25) is 0 Å². The molecule has 0 radical (unpaired) electrons. The minimum Gasteiger partial charge on any atom is -0.448 e. The smallest absolute Gasteiger partial charge is 0.410 e. The van der Waals surface area contributed by atoms with Gasteiger partial charge in [0.1, 0.15) is 6.61 Å². The number of carbonyl (C=O) groups is 1. The molecule has 1 saturated heterocycles. The number of piperidine rings is 1. The first-order valence-electron chi connectivity index (χ1n) is 12.3. The van der Waals surface area contributed by atoms with Crippen LogP contribution in [0.3, 0.4) is 0 Å². The zero-order chi connectivity index (χ0) is 24.1. The van der Waals surface area contributed by atoms with E-state index in [2.05, 4.69) is 30.3 Å². The Balaban J connectivity index is 1.23. The van der Waals surface area contributed by atoms with Crippen molar-refractivity contribution in [3.8, 4) is 11.1 Å². The third kappa shape index (κ3) is 3.65. The lowest BCUT2D eigenvalue weighted by molar-refractivity contribution is 0.0539. The van der Waals surface area contributed by atoms with Crippen LogP contribution in [0.5, 0.6) is 0 Å². The number of nitrogens with zero attached hydrogens (tertiary/aromatic N) is 1. The van der Waals surface area contributed by atoms with Gasteiger partial charge in [0.15, 0.2) is 11.6 Å². The Morgan fingerprint density at radius 3 is 2.31 bits per heavy atom. The standard InChI is InChI=1S/C30H27F2NO2/c1-18-22(13-14-28(31)29(18)32)19-15-20-7-6-8-21(16-19)33(20)30(34)35-17-27-25-11-4-2-9-23(25)24-10-3-5-12-26(24)27/h2-5,9-15,20-21,27H,6-8,16-17H2,1H3. The molecule has 2 heterocycles. The second-order valence-electron chi connectivity index (χ2n) is 9.79. The highest BCUT2D eigenvalue weighted by atomic mass is 19.2. The summed E-state index contributed by atoms with van der Waals surface area (Å²) < 4.78 is 33.8. The van der Waals surface area contributed by atoms with Crippen LogP contribution in [0.1, 0.15) is 53.9 Å². The van der Waals surface area contributed by atoms with E-state index in [0.717, 1.165) is 30.4 Å². The van der Waals surface area contributed by atoms with Crippen molar-refractivity contribution in [2.75, 3.05) is 6.61 Å². The number of halogens is 2. The van der Waals surface area contributed by atoms with E-state index in [4.69, 9.17) is 4.74 Å². The number of benzene rings is 3. The molecule has 0 N–H and O–H groups in total. The molecule has 0 saturated carbocycles. The van der Waals surface area contributed by atoms with Crippen molar-refractivity contribution in [2.45, 2.75) is 50.6 Å².